The average Bonchev–Trinajstić information content (AvgIpc) is 2.56. The molecular formula is C18H22N2O3S. The molecule has 0 saturated heterocycles. The highest BCUT2D eigenvalue weighted by atomic mass is 32.2. The summed E-state index contributed by atoms with van der Waals surface area (Å²) in [5.41, 5.74) is 2.26. The fraction of sp³-hybridized carbons (Fsp3) is 0.278. The van der Waals surface area contributed by atoms with E-state index in [-0.39, 0.29) is 4.90 Å². The number of carbonyl (C=O) groups is 1. The first-order chi connectivity index (χ1) is 11.4. The van der Waals surface area contributed by atoms with Crippen LogP contribution in [0.3, 0.4) is 0 Å². The molecule has 0 fully saturated rings. The normalized spacial score (nSPS) is 11.1. The minimum absolute atomic E-state index is 0.0706. The van der Waals surface area contributed by atoms with Crippen LogP contribution in [0, 0.1) is 6.92 Å². The number of hydrogen-bond acceptors (Lipinski definition) is 4. The Morgan fingerprint density at radius 3 is 2.00 bits per heavy atom. The first-order valence-corrected chi connectivity index (χ1v) is 9.34. The molecule has 2 aromatic rings. The number of carbonyl (C=O) groups excluding carboxylic acids is 1. The molecule has 0 aliphatic rings. The van der Waals surface area contributed by atoms with E-state index in [2.05, 4.69) is 23.5 Å². The molecule has 0 spiro atoms. The molecule has 5 nitrogen and oxygen atoms in total. The zero-order valence-corrected chi connectivity index (χ0v) is 14.9. The molecule has 0 bridgehead atoms. The van der Waals surface area contributed by atoms with Gasteiger partial charge < -0.3 is 4.90 Å². The number of amides is 1. The molecule has 0 radical (unpaired) electrons. The first kappa shape index (κ1) is 18.0. The highest BCUT2D eigenvalue weighted by Gasteiger charge is 2.18. The summed E-state index contributed by atoms with van der Waals surface area (Å²) in [4.78, 5) is 14.4. The molecule has 1 N–H and O–H groups in total. The topological polar surface area (TPSA) is 66.5 Å². The van der Waals surface area contributed by atoms with Crippen LogP contribution in [0.15, 0.2) is 53.4 Å². The van der Waals surface area contributed by atoms with Crippen molar-refractivity contribution in [2.45, 2.75) is 25.7 Å². The van der Waals surface area contributed by atoms with Crippen LogP contribution in [0.1, 0.15) is 29.8 Å². The van der Waals surface area contributed by atoms with Crippen molar-refractivity contribution < 1.29 is 13.2 Å². The molecule has 6 heteroatoms. The van der Waals surface area contributed by atoms with Crippen LogP contribution in [0.25, 0.3) is 0 Å². The minimum atomic E-state index is -3.87. The van der Waals surface area contributed by atoms with Gasteiger partial charge in [-0.2, -0.15) is 0 Å². The van der Waals surface area contributed by atoms with Gasteiger partial charge in [-0.15, -0.1) is 0 Å². The monoisotopic (exact) mass is 346 g/mol. The predicted octanol–water partition coefficient (Wildman–Crippen LogP) is 2.96. The Kier molecular flexibility index (Phi) is 5.62. The quantitative estimate of drug-likeness (QED) is 0.873. The Labute approximate surface area is 143 Å². The maximum atomic E-state index is 12.3. The Morgan fingerprint density at radius 1 is 0.958 bits per heavy atom. The highest BCUT2D eigenvalue weighted by molar-refractivity contribution is 7.90. The Balaban J connectivity index is 2.15. The summed E-state index contributed by atoms with van der Waals surface area (Å²) in [6.45, 7) is 7.71. The van der Waals surface area contributed by atoms with Crippen molar-refractivity contribution in [3.8, 4) is 0 Å². The number of nitrogens with one attached hydrogen (secondary N) is 1. The lowest BCUT2D eigenvalue weighted by Crippen LogP contribution is -2.30. The van der Waals surface area contributed by atoms with E-state index in [1.54, 1.807) is 24.3 Å². The number of anilines is 1. The van der Waals surface area contributed by atoms with Gasteiger partial charge in [-0.05, 0) is 57.2 Å². The molecule has 2 rings (SSSR count). The molecular weight excluding hydrogens is 324 g/mol. The number of benzene rings is 2. The summed E-state index contributed by atoms with van der Waals surface area (Å²) in [5, 5.41) is 0. The molecule has 1 amide bonds. The summed E-state index contributed by atoms with van der Waals surface area (Å²) in [6, 6.07) is 13.3. The summed E-state index contributed by atoms with van der Waals surface area (Å²) >= 11 is 0. The lowest BCUT2D eigenvalue weighted by Gasteiger charge is -2.21. The van der Waals surface area contributed by atoms with Crippen LogP contribution >= 0.6 is 0 Å². The standard InChI is InChI=1S/C18H22N2O3S/c1-4-20(5-2)16-10-8-15(9-11-16)18(21)19-24(22,23)17-12-6-14(3)7-13-17/h6-13H,4-5H2,1-3H3,(H,19,21). The van der Waals surface area contributed by atoms with E-state index in [1.807, 2.05) is 19.1 Å². The third-order valence-electron chi connectivity index (χ3n) is 3.82. The van der Waals surface area contributed by atoms with Crippen molar-refractivity contribution in [3.63, 3.8) is 0 Å². The van der Waals surface area contributed by atoms with Gasteiger partial charge in [0.1, 0.15) is 0 Å². The van der Waals surface area contributed by atoms with Crippen LogP contribution in [0.5, 0.6) is 0 Å². The van der Waals surface area contributed by atoms with E-state index >= 15 is 0 Å². The van der Waals surface area contributed by atoms with Gasteiger partial charge in [0.2, 0.25) is 0 Å². The van der Waals surface area contributed by atoms with E-state index in [0.29, 0.717) is 5.56 Å². The number of nitrogens with zero attached hydrogens (tertiary/aromatic N) is 1. The lowest BCUT2D eigenvalue weighted by atomic mass is 10.2. The summed E-state index contributed by atoms with van der Waals surface area (Å²) in [5.74, 6) is -0.637. The number of sulfonamides is 1. The van der Waals surface area contributed by atoms with Crippen molar-refractivity contribution in [3.05, 3.63) is 59.7 Å². The van der Waals surface area contributed by atoms with Crippen LogP contribution in [-0.2, 0) is 10.0 Å². The lowest BCUT2D eigenvalue weighted by molar-refractivity contribution is 0.0981. The Hall–Kier alpha value is -2.34. The summed E-state index contributed by atoms with van der Waals surface area (Å²) in [7, 11) is -3.87. The molecule has 24 heavy (non-hydrogen) atoms. The van der Waals surface area contributed by atoms with Gasteiger partial charge in [-0.1, -0.05) is 17.7 Å². The SMILES string of the molecule is CCN(CC)c1ccc(C(=O)NS(=O)(=O)c2ccc(C)cc2)cc1. The maximum Gasteiger partial charge on any atom is 0.264 e. The second kappa shape index (κ2) is 7.49. The highest BCUT2D eigenvalue weighted by Crippen LogP contribution is 2.16. The Morgan fingerprint density at radius 2 is 1.50 bits per heavy atom. The van der Waals surface area contributed by atoms with Gasteiger partial charge in [0.25, 0.3) is 15.9 Å². The van der Waals surface area contributed by atoms with Crippen LogP contribution in [0.4, 0.5) is 5.69 Å². The van der Waals surface area contributed by atoms with Crippen LogP contribution < -0.4 is 9.62 Å². The fourth-order valence-electron chi connectivity index (χ4n) is 2.37. The molecule has 2 aromatic carbocycles. The minimum Gasteiger partial charge on any atom is -0.372 e. The predicted molar refractivity (Wildman–Crippen MR) is 95.8 cm³/mol. The first-order valence-electron chi connectivity index (χ1n) is 7.86. The number of hydrogen-bond donors (Lipinski definition) is 1. The fourth-order valence-corrected chi connectivity index (χ4v) is 3.34. The molecule has 0 heterocycles. The van der Waals surface area contributed by atoms with E-state index in [9.17, 15) is 13.2 Å². The molecule has 0 saturated carbocycles. The largest absolute Gasteiger partial charge is 0.372 e. The van der Waals surface area contributed by atoms with Crippen molar-refractivity contribution in [1.29, 1.82) is 0 Å². The van der Waals surface area contributed by atoms with Crippen LogP contribution in [0.2, 0.25) is 0 Å². The summed E-state index contributed by atoms with van der Waals surface area (Å²) in [6.07, 6.45) is 0. The van der Waals surface area contributed by atoms with Crippen molar-refractivity contribution in [2.75, 3.05) is 18.0 Å². The smallest absolute Gasteiger partial charge is 0.264 e. The molecule has 0 aliphatic carbocycles. The van der Waals surface area contributed by atoms with Crippen LogP contribution in [-0.4, -0.2) is 27.4 Å². The Bertz CT molecular complexity index is 793. The number of aryl methyl sites for hydroxylation is 1. The van der Waals surface area contributed by atoms with Gasteiger partial charge in [-0.25, -0.2) is 13.1 Å². The second-order valence-corrected chi connectivity index (χ2v) is 7.15. The van der Waals surface area contributed by atoms with E-state index in [1.165, 1.54) is 12.1 Å². The molecule has 128 valence electrons. The van der Waals surface area contributed by atoms with Crippen molar-refractivity contribution in [1.82, 2.24) is 4.72 Å². The van der Waals surface area contributed by atoms with Crippen molar-refractivity contribution >= 4 is 21.6 Å². The summed E-state index contributed by atoms with van der Waals surface area (Å²) < 4.78 is 26.6. The van der Waals surface area contributed by atoms with E-state index in [4.69, 9.17) is 0 Å². The third kappa shape index (κ3) is 4.14. The zero-order valence-electron chi connectivity index (χ0n) is 14.1. The second-order valence-electron chi connectivity index (χ2n) is 5.47. The van der Waals surface area contributed by atoms with Gasteiger partial charge in [0.05, 0.1) is 4.90 Å². The molecule has 0 unspecified atom stereocenters. The average molecular weight is 346 g/mol. The van der Waals surface area contributed by atoms with Gasteiger partial charge >= 0.3 is 0 Å². The van der Waals surface area contributed by atoms with Gasteiger partial charge in [-0.3, -0.25) is 4.79 Å². The van der Waals surface area contributed by atoms with Gasteiger partial charge in [0.15, 0.2) is 0 Å². The van der Waals surface area contributed by atoms with Gasteiger partial charge in [0, 0.05) is 24.3 Å². The van der Waals surface area contributed by atoms with E-state index in [0.717, 1.165) is 24.3 Å². The molecule has 0 atom stereocenters. The maximum absolute atomic E-state index is 12.3. The zero-order chi connectivity index (χ0) is 17.7. The molecule has 0 aliphatic heterocycles. The molecule has 0 aromatic heterocycles. The van der Waals surface area contributed by atoms with Crippen molar-refractivity contribution in [2.24, 2.45) is 0 Å². The third-order valence-corrected chi connectivity index (χ3v) is 5.16. The number of rotatable bonds is 6. The van der Waals surface area contributed by atoms with E-state index < -0.39 is 15.9 Å².